The molecule has 0 fully saturated rings. The van der Waals surface area contributed by atoms with Crippen LogP contribution in [0.1, 0.15) is 6.42 Å². The molecule has 0 saturated carbocycles. The zero-order chi connectivity index (χ0) is 11.4. The molecule has 0 radical (unpaired) electrons. The van der Waals surface area contributed by atoms with Crippen molar-refractivity contribution in [3.63, 3.8) is 0 Å². The molecule has 0 saturated heterocycles. The van der Waals surface area contributed by atoms with Crippen LogP contribution in [0.25, 0.3) is 0 Å². The molecule has 1 atom stereocenters. The van der Waals surface area contributed by atoms with Crippen molar-refractivity contribution in [1.29, 1.82) is 0 Å². The van der Waals surface area contributed by atoms with Gasteiger partial charge in [-0.15, -0.1) is 0 Å². The van der Waals surface area contributed by atoms with E-state index in [1.54, 1.807) is 7.11 Å². The molecule has 2 rings (SSSR count). The lowest BCUT2D eigenvalue weighted by atomic mass is 10.0. The lowest BCUT2D eigenvalue weighted by Crippen LogP contribution is -2.39. The monoisotopic (exact) mass is 216 g/mol. The predicted molar refractivity (Wildman–Crippen MR) is 65.8 cm³/mol. The van der Waals surface area contributed by atoms with Gasteiger partial charge in [-0.25, -0.2) is 0 Å². The van der Waals surface area contributed by atoms with Gasteiger partial charge in [0, 0.05) is 24.9 Å². The van der Waals surface area contributed by atoms with Crippen molar-refractivity contribution >= 4 is 5.69 Å². The number of hydrogen-bond acceptors (Lipinski definition) is 3. The summed E-state index contributed by atoms with van der Waals surface area (Å²) in [5.41, 5.74) is 7.02. The van der Waals surface area contributed by atoms with Crippen LogP contribution in [-0.4, -0.2) is 12.8 Å². The highest BCUT2D eigenvalue weighted by Gasteiger charge is 2.27. The summed E-state index contributed by atoms with van der Waals surface area (Å²) in [6, 6.07) is 9.98. The van der Waals surface area contributed by atoms with Crippen LogP contribution in [-0.2, 0) is 4.74 Å². The Bertz CT molecular complexity index is 411. The first-order valence-electron chi connectivity index (χ1n) is 5.27. The number of anilines is 1. The Morgan fingerprint density at radius 1 is 1.31 bits per heavy atom. The molecule has 1 aromatic carbocycles. The van der Waals surface area contributed by atoms with E-state index in [0.29, 0.717) is 0 Å². The molecular formula is C13H16N2O. The SMILES string of the molecule is COC1(Nc2ccccc2)C=CC(N)=CC1. The van der Waals surface area contributed by atoms with Gasteiger partial charge in [-0.1, -0.05) is 24.3 Å². The normalized spacial score (nSPS) is 23.9. The van der Waals surface area contributed by atoms with E-state index in [2.05, 4.69) is 5.32 Å². The van der Waals surface area contributed by atoms with Crippen molar-refractivity contribution in [2.45, 2.75) is 12.1 Å². The Balaban J connectivity index is 2.16. The van der Waals surface area contributed by atoms with Crippen molar-refractivity contribution in [2.75, 3.05) is 12.4 Å². The number of ether oxygens (including phenoxy) is 1. The van der Waals surface area contributed by atoms with Crippen LogP contribution in [0.4, 0.5) is 5.69 Å². The van der Waals surface area contributed by atoms with Crippen molar-refractivity contribution < 1.29 is 4.74 Å². The summed E-state index contributed by atoms with van der Waals surface area (Å²) in [5.74, 6) is 0. The summed E-state index contributed by atoms with van der Waals surface area (Å²) in [7, 11) is 1.69. The maximum absolute atomic E-state index is 5.69. The second-order valence-corrected chi connectivity index (χ2v) is 3.83. The van der Waals surface area contributed by atoms with Crippen LogP contribution in [0.15, 0.2) is 54.3 Å². The van der Waals surface area contributed by atoms with Crippen molar-refractivity contribution in [3.05, 3.63) is 54.3 Å². The molecule has 0 heterocycles. The zero-order valence-corrected chi connectivity index (χ0v) is 9.31. The Morgan fingerprint density at radius 3 is 2.62 bits per heavy atom. The van der Waals surface area contributed by atoms with Gasteiger partial charge in [-0.3, -0.25) is 0 Å². The lowest BCUT2D eigenvalue weighted by molar-refractivity contribution is 0.0583. The molecular weight excluding hydrogens is 200 g/mol. The second-order valence-electron chi connectivity index (χ2n) is 3.83. The maximum Gasteiger partial charge on any atom is 0.161 e. The third kappa shape index (κ3) is 2.25. The maximum atomic E-state index is 5.69. The van der Waals surface area contributed by atoms with E-state index in [4.69, 9.17) is 10.5 Å². The smallest absolute Gasteiger partial charge is 0.161 e. The van der Waals surface area contributed by atoms with Crippen LogP contribution in [0.5, 0.6) is 0 Å². The highest BCUT2D eigenvalue weighted by Crippen LogP contribution is 2.25. The van der Waals surface area contributed by atoms with Gasteiger partial charge in [0.2, 0.25) is 0 Å². The number of nitrogens with two attached hydrogens (primary N) is 1. The predicted octanol–water partition coefficient (Wildman–Crippen LogP) is 2.24. The van der Waals surface area contributed by atoms with Gasteiger partial charge in [0.05, 0.1) is 0 Å². The highest BCUT2D eigenvalue weighted by molar-refractivity contribution is 5.47. The van der Waals surface area contributed by atoms with Gasteiger partial charge in [0.15, 0.2) is 5.72 Å². The number of para-hydroxylation sites is 1. The molecule has 3 N–H and O–H groups in total. The van der Waals surface area contributed by atoms with Gasteiger partial charge >= 0.3 is 0 Å². The minimum atomic E-state index is -0.482. The molecule has 1 aromatic rings. The van der Waals surface area contributed by atoms with Crippen molar-refractivity contribution in [2.24, 2.45) is 5.73 Å². The molecule has 0 spiro atoms. The summed E-state index contributed by atoms with van der Waals surface area (Å²) in [5, 5.41) is 3.36. The van der Waals surface area contributed by atoms with E-state index in [1.165, 1.54) is 0 Å². The van der Waals surface area contributed by atoms with E-state index in [1.807, 2.05) is 48.6 Å². The Hall–Kier alpha value is -1.74. The molecule has 3 heteroatoms. The number of allylic oxidation sites excluding steroid dienone is 1. The third-order valence-corrected chi connectivity index (χ3v) is 2.68. The Kier molecular flexibility index (Phi) is 2.97. The highest BCUT2D eigenvalue weighted by atomic mass is 16.5. The number of nitrogens with one attached hydrogen (secondary N) is 1. The van der Waals surface area contributed by atoms with E-state index < -0.39 is 5.72 Å². The van der Waals surface area contributed by atoms with E-state index in [9.17, 15) is 0 Å². The van der Waals surface area contributed by atoms with Gasteiger partial charge < -0.3 is 15.8 Å². The number of benzene rings is 1. The molecule has 84 valence electrons. The quantitative estimate of drug-likeness (QED) is 0.762. The molecule has 0 aliphatic heterocycles. The summed E-state index contributed by atoms with van der Waals surface area (Å²) in [4.78, 5) is 0. The number of methoxy groups -OCH3 is 1. The van der Waals surface area contributed by atoms with E-state index >= 15 is 0 Å². The Labute approximate surface area is 95.6 Å². The van der Waals surface area contributed by atoms with Crippen LogP contribution in [0.2, 0.25) is 0 Å². The van der Waals surface area contributed by atoms with Crippen LogP contribution >= 0.6 is 0 Å². The molecule has 1 aliphatic carbocycles. The molecule has 16 heavy (non-hydrogen) atoms. The standard InChI is InChI=1S/C13H16N2O/c1-16-13(9-7-11(14)8-10-13)15-12-5-3-2-4-6-12/h2-9,15H,10,14H2,1H3. The summed E-state index contributed by atoms with van der Waals surface area (Å²) >= 11 is 0. The molecule has 0 amide bonds. The number of hydrogen-bond donors (Lipinski definition) is 2. The zero-order valence-electron chi connectivity index (χ0n) is 9.31. The molecule has 3 nitrogen and oxygen atoms in total. The lowest BCUT2D eigenvalue weighted by Gasteiger charge is -2.32. The molecule has 0 bridgehead atoms. The average Bonchev–Trinajstić information content (AvgIpc) is 2.34. The van der Waals surface area contributed by atoms with Crippen molar-refractivity contribution in [1.82, 2.24) is 0 Å². The van der Waals surface area contributed by atoms with Crippen LogP contribution < -0.4 is 11.1 Å². The van der Waals surface area contributed by atoms with Gasteiger partial charge in [-0.2, -0.15) is 0 Å². The van der Waals surface area contributed by atoms with E-state index in [0.717, 1.165) is 17.8 Å². The fraction of sp³-hybridized carbons (Fsp3) is 0.231. The van der Waals surface area contributed by atoms with Crippen LogP contribution in [0.3, 0.4) is 0 Å². The summed E-state index contributed by atoms with van der Waals surface area (Å²) in [6.07, 6.45) is 6.50. The van der Waals surface area contributed by atoms with Gasteiger partial charge in [0.1, 0.15) is 0 Å². The second kappa shape index (κ2) is 4.41. The molecule has 0 aromatic heterocycles. The summed E-state index contributed by atoms with van der Waals surface area (Å²) < 4.78 is 5.53. The minimum Gasteiger partial charge on any atom is -0.399 e. The van der Waals surface area contributed by atoms with Crippen LogP contribution in [0, 0.1) is 0 Å². The van der Waals surface area contributed by atoms with Gasteiger partial charge in [-0.05, 0) is 24.3 Å². The Morgan fingerprint density at radius 2 is 2.06 bits per heavy atom. The first-order chi connectivity index (χ1) is 7.74. The average molecular weight is 216 g/mol. The topological polar surface area (TPSA) is 47.3 Å². The largest absolute Gasteiger partial charge is 0.399 e. The number of rotatable bonds is 3. The fourth-order valence-corrected chi connectivity index (χ4v) is 1.70. The summed E-state index contributed by atoms with van der Waals surface area (Å²) in [6.45, 7) is 0. The fourth-order valence-electron chi connectivity index (χ4n) is 1.70. The first kappa shape index (κ1) is 10.8. The first-order valence-corrected chi connectivity index (χ1v) is 5.27. The molecule has 1 unspecified atom stereocenters. The third-order valence-electron chi connectivity index (χ3n) is 2.68. The molecule has 1 aliphatic rings. The minimum absolute atomic E-state index is 0.482. The van der Waals surface area contributed by atoms with E-state index in [-0.39, 0.29) is 0 Å². The van der Waals surface area contributed by atoms with Gasteiger partial charge in [0.25, 0.3) is 0 Å². The van der Waals surface area contributed by atoms with Crippen molar-refractivity contribution in [3.8, 4) is 0 Å².